The van der Waals surface area contributed by atoms with E-state index in [0.717, 1.165) is 16.8 Å². The van der Waals surface area contributed by atoms with Crippen LogP contribution in [0.15, 0.2) is 18.2 Å². The maximum atomic E-state index is 6.23. The first-order chi connectivity index (χ1) is 8.43. The van der Waals surface area contributed by atoms with Gasteiger partial charge in [0.05, 0.1) is 10.0 Å². The molecule has 0 atom stereocenters. The molecule has 0 saturated carbocycles. The Morgan fingerprint density at radius 1 is 1.22 bits per heavy atom. The molecule has 0 spiro atoms. The van der Waals surface area contributed by atoms with E-state index in [1.54, 1.807) is 16.8 Å². The number of hydrogen-bond donors (Lipinski definition) is 1. The summed E-state index contributed by atoms with van der Waals surface area (Å²) in [5.41, 5.74) is 8.55. The van der Waals surface area contributed by atoms with Crippen molar-refractivity contribution in [3.05, 3.63) is 33.8 Å². The lowest BCUT2D eigenvalue weighted by Gasteiger charge is -2.09. The summed E-state index contributed by atoms with van der Waals surface area (Å²) in [5.74, 6) is 0.900. The van der Waals surface area contributed by atoms with Crippen molar-refractivity contribution in [1.82, 2.24) is 9.78 Å². The Morgan fingerprint density at radius 2 is 1.78 bits per heavy atom. The summed E-state index contributed by atoms with van der Waals surface area (Å²) in [6, 6.07) is 5.42. The van der Waals surface area contributed by atoms with Gasteiger partial charge in [-0.25, -0.2) is 0 Å². The van der Waals surface area contributed by atoms with Crippen LogP contribution in [-0.2, 0) is 7.05 Å². The third-order valence-corrected chi connectivity index (χ3v) is 3.54. The van der Waals surface area contributed by atoms with Gasteiger partial charge >= 0.3 is 0 Å². The van der Waals surface area contributed by atoms with E-state index in [-0.39, 0.29) is 5.92 Å². The fraction of sp³-hybridized carbons (Fsp3) is 0.308. The number of aryl methyl sites for hydroxylation is 1. The fourth-order valence-electron chi connectivity index (χ4n) is 2.03. The van der Waals surface area contributed by atoms with Gasteiger partial charge in [-0.15, -0.1) is 0 Å². The van der Waals surface area contributed by atoms with Gasteiger partial charge in [-0.05, 0) is 18.1 Å². The minimum atomic E-state index is 0.251. The number of aromatic nitrogens is 2. The summed E-state index contributed by atoms with van der Waals surface area (Å²) < 4.78 is 1.66. The number of hydrogen-bond acceptors (Lipinski definition) is 2. The molecule has 0 fully saturated rings. The monoisotopic (exact) mass is 283 g/mol. The SMILES string of the molecule is CC(C)c1c(-c2c(Cl)cccc2Cl)nn(C)c1N. The number of halogens is 2. The van der Waals surface area contributed by atoms with Gasteiger partial charge in [0.1, 0.15) is 11.5 Å². The Bertz CT molecular complexity index is 568. The Labute approximate surface area is 117 Å². The highest BCUT2D eigenvalue weighted by molar-refractivity contribution is 6.39. The largest absolute Gasteiger partial charge is 0.384 e. The molecule has 5 heteroatoms. The van der Waals surface area contributed by atoms with Crippen LogP contribution in [0.1, 0.15) is 25.3 Å². The number of rotatable bonds is 2. The van der Waals surface area contributed by atoms with Gasteiger partial charge in [0.25, 0.3) is 0 Å². The second-order valence-electron chi connectivity index (χ2n) is 4.52. The molecule has 0 bridgehead atoms. The summed E-state index contributed by atoms with van der Waals surface area (Å²) in [6.45, 7) is 4.14. The normalized spacial score (nSPS) is 11.2. The maximum absolute atomic E-state index is 6.23. The number of nitrogens with zero attached hydrogens (tertiary/aromatic N) is 2. The van der Waals surface area contributed by atoms with Crippen LogP contribution in [0.4, 0.5) is 5.82 Å². The highest BCUT2D eigenvalue weighted by Crippen LogP contribution is 2.39. The van der Waals surface area contributed by atoms with Crippen molar-refractivity contribution in [2.24, 2.45) is 7.05 Å². The summed E-state index contributed by atoms with van der Waals surface area (Å²) >= 11 is 12.5. The van der Waals surface area contributed by atoms with Crippen LogP contribution in [0.5, 0.6) is 0 Å². The average Bonchev–Trinajstić information content (AvgIpc) is 2.55. The fourth-order valence-corrected chi connectivity index (χ4v) is 2.61. The number of benzene rings is 1. The molecule has 0 aliphatic heterocycles. The van der Waals surface area contributed by atoms with Crippen molar-refractivity contribution in [2.75, 3.05) is 5.73 Å². The van der Waals surface area contributed by atoms with Crippen LogP contribution < -0.4 is 5.73 Å². The van der Waals surface area contributed by atoms with Gasteiger partial charge in [-0.3, -0.25) is 4.68 Å². The summed E-state index contributed by atoms with van der Waals surface area (Å²) in [4.78, 5) is 0. The summed E-state index contributed by atoms with van der Waals surface area (Å²) in [5, 5.41) is 5.62. The van der Waals surface area contributed by atoms with Gasteiger partial charge in [0, 0.05) is 18.2 Å². The number of nitrogen functional groups attached to an aromatic ring is 1. The molecule has 3 nitrogen and oxygen atoms in total. The summed E-state index contributed by atoms with van der Waals surface area (Å²) in [6.07, 6.45) is 0. The minimum absolute atomic E-state index is 0.251. The van der Waals surface area contributed by atoms with E-state index in [1.807, 2.05) is 13.1 Å². The summed E-state index contributed by atoms with van der Waals surface area (Å²) in [7, 11) is 1.81. The Kier molecular flexibility index (Phi) is 3.55. The Balaban J connectivity index is 2.76. The third-order valence-electron chi connectivity index (χ3n) is 2.91. The Morgan fingerprint density at radius 3 is 2.28 bits per heavy atom. The van der Waals surface area contributed by atoms with Gasteiger partial charge in [0.2, 0.25) is 0 Å². The number of anilines is 1. The van der Waals surface area contributed by atoms with E-state index in [4.69, 9.17) is 28.9 Å². The molecule has 1 heterocycles. The Hall–Kier alpha value is -1.19. The zero-order valence-corrected chi connectivity index (χ0v) is 12.0. The van der Waals surface area contributed by atoms with Crippen molar-refractivity contribution in [2.45, 2.75) is 19.8 Å². The molecule has 2 aromatic rings. The predicted molar refractivity (Wildman–Crippen MR) is 77.2 cm³/mol. The van der Waals surface area contributed by atoms with Gasteiger partial charge in [0.15, 0.2) is 0 Å². The highest BCUT2D eigenvalue weighted by atomic mass is 35.5. The molecule has 0 unspecified atom stereocenters. The zero-order chi connectivity index (χ0) is 13.4. The lowest BCUT2D eigenvalue weighted by Crippen LogP contribution is -2.00. The second-order valence-corrected chi connectivity index (χ2v) is 5.34. The molecule has 0 amide bonds. The van der Waals surface area contributed by atoms with E-state index in [1.165, 1.54) is 0 Å². The molecular formula is C13H15Cl2N3. The van der Waals surface area contributed by atoms with E-state index < -0.39 is 0 Å². The molecule has 18 heavy (non-hydrogen) atoms. The van der Waals surface area contributed by atoms with Crippen molar-refractivity contribution in [3.63, 3.8) is 0 Å². The van der Waals surface area contributed by atoms with Crippen molar-refractivity contribution in [1.29, 1.82) is 0 Å². The van der Waals surface area contributed by atoms with Crippen LogP contribution in [0.2, 0.25) is 10.0 Å². The van der Waals surface area contributed by atoms with Gasteiger partial charge < -0.3 is 5.73 Å². The van der Waals surface area contributed by atoms with Crippen molar-refractivity contribution >= 4 is 29.0 Å². The van der Waals surface area contributed by atoms with E-state index >= 15 is 0 Å². The van der Waals surface area contributed by atoms with Crippen LogP contribution >= 0.6 is 23.2 Å². The molecule has 96 valence electrons. The van der Waals surface area contributed by atoms with Crippen LogP contribution in [-0.4, -0.2) is 9.78 Å². The topological polar surface area (TPSA) is 43.8 Å². The van der Waals surface area contributed by atoms with E-state index in [0.29, 0.717) is 15.9 Å². The molecule has 0 saturated heterocycles. The molecule has 0 aliphatic rings. The smallest absolute Gasteiger partial charge is 0.125 e. The van der Waals surface area contributed by atoms with E-state index in [9.17, 15) is 0 Å². The lowest BCUT2D eigenvalue weighted by molar-refractivity contribution is 0.780. The molecule has 1 aromatic carbocycles. The standard InChI is InChI=1S/C13H15Cl2N3/c1-7(2)10-12(17-18(3)13(10)16)11-8(14)5-4-6-9(11)15/h4-7H,16H2,1-3H3. The van der Waals surface area contributed by atoms with Crippen molar-refractivity contribution in [3.8, 4) is 11.3 Å². The molecule has 2 N–H and O–H groups in total. The zero-order valence-electron chi connectivity index (χ0n) is 10.5. The predicted octanol–water partition coefficient (Wildman–Crippen LogP) is 4.10. The molecule has 0 aliphatic carbocycles. The number of nitrogens with two attached hydrogens (primary N) is 1. The first-order valence-electron chi connectivity index (χ1n) is 5.70. The molecule has 0 radical (unpaired) electrons. The maximum Gasteiger partial charge on any atom is 0.125 e. The molecule has 2 rings (SSSR count). The molecule has 1 aromatic heterocycles. The quantitative estimate of drug-likeness (QED) is 0.902. The van der Waals surface area contributed by atoms with E-state index in [2.05, 4.69) is 18.9 Å². The second kappa shape index (κ2) is 4.82. The van der Waals surface area contributed by atoms with Gasteiger partial charge in [-0.2, -0.15) is 5.10 Å². The average molecular weight is 284 g/mol. The minimum Gasteiger partial charge on any atom is -0.384 e. The van der Waals surface area contributed by atoms with Crippen molar-refractivity contribution < 1.29 is 0 Å². The lowest BCUT2D eigenvalue weighted by atomic mass is 9.98. The molecular weight excluding hydrogens is 269 g/mol. The van der Waals surface area contributed by atoms with Crippen LogP contribution in [0.25, 0.3) is 11.3 Å². The van der Waals surface area contributed by atoms with Gasteiger partial charge in [-0.1, -0.05) is 43.1 Å². The third kappa shape index (κ3) is 2.08. The van der Waals surface area contributed by atoms with Crippen LogP contribution in [0.3, 0.4) is 0 Å². The highest BCUT2D eigenvalue weighted by Gasteiger charge is 2.21. The first-order valence-corrected chi connectivity index (χ1v) is 6.45. The van der Waals surface area contributed by atoms with Crippen LogP contribution in [0, 0.1) is 0 Å². The first kappa shape index (κ1) is 13.2.